The second kappa shape index (κ2) is 10.5. The van der Waals surface area contributed by atoms with Gasteiger partial charge in [0.05, 0.1) is 0 Å². The number of nitrogens with zero attached hydrogens (tertiary/aromatic N) is 2. The van der Waals surface area contributed by atoms with Crippen molar-refractivity contribution in [3.8, 4) is 0 Å². The molecule has 0 aliphatic rings. The van der Waals surface area contributed by atoms with Crippen molar-refractivity contribution < 1.29 is 0 Å². The van der Waals surface area contributed by atoms with E-state index in [1.807, 2.05) is 0 Å². The first-order valence-electron chi connectivity index (χ1n) is 7.65. The van der Waals surface area contributed by atoms with E-state index in [9.17, 15) is 0 Å². The average molecular weight is 268 g/mol. The Bertz CT molecular complexity index is 260. The summed E-state index contributed by atoms with van der Waals surface area (Å²) in [4.78, 5) is 4.42. The van der Waals surface area contributed by atoms with Crippen LogP contribution in [0.3, 0.4) is 0 Å². The third-order valence-corrected chi connectivity index (χ3v) is 4.37. The second-order valence-electron chi connectivity index (χ2n) is 5.18. The van der Waals surface area contributed by atoms with E-state index in [0.29, 0.717) is 5.92 Å². The first kappa shape index (κ1) is 15.6. The minimum absolute atomic E-state index is 0.672. The van der Waals surface area contributed by atoms with Gasteiger partial charge in [0.25, 0.3) is 0 Å². The van der Waals surface area contributed by atoms with Gasteiger partial charge in [-0.1, -0.05) is 65.2 Å². The molecule has 0 unspecified atom stereocenters. The fraction of sp³-hybridized carbons (Fsp3) is 0.867. The van der Waals surface area contributed by atoms with E-state index >= 15 is 0 Å². The molecular formula is C15H28N2S. The molecule has 0 fully saturated rings. The van der Waals surface area contributed by atoms with Crippen molar-refractivity contribution in [2.24, 2.45) is 0 Å². The molecule has 0 aliphatic heterocycles. The summed E-state index contributed by atoms with van der Waals surface area (Å²) in [5.74, 6) is 0.672. The van der Waals surface area contributed by atoms with Crippen LogP contribution in [0.5, 0.6) is 0 Å². The van der Waals surface area contributed by atoms with E-state index in [1.165, 1.54) is 69.2 Å². The Labute approximate surface area is 116 Å². The fourth-order valence-electron chi connectivity index (χ4n) is 2.39. The van der Waals surface area contributed by atoms with E-state index in [4.69, 9.17) is 0 Å². The molecule has 0 atom stereocenters. The van der Waals surface area contributed by atoms with Crippen LogP contribution in [0.25, 0.3) is 0 Å². The number of hydrogen-bond acceptors (Lipinski definition) is 3. The summed E-state index contributed by atoms with van der Waals surface area (Å²) in [5.41, 5.74) is 0. The maximum atomic E-state index is 4.42. The van der Waals surface area contributed by atoms with Gasteiger partial charge in [0, 0.05) is 5.92 Å². The third kappa shape index (κ3) is 6.48. The zero-order chi connectivity index (χ0) is 13.1. The normalized spacial score (nSPS) is 11.3. The van der Waals surface area contributed by atoms with Gasteiger partial charge in [0.2, 0.25) is 0 Å². The van der Waals surface area contributed by atoms with Gasteiger partial charge in [-0.25, -0.2) is 4.98 Å². The Hall–Kier alpha value is -0.440. The van der Waals surface area contributed by atoms with Crippen molar-refractivity contribution >= 4 is 11.5 Å². The van der Waals surface area contributed by atoms with Crippen molar-refractivity contribution in [1.29, 1.82) is 0 Å². The Morgan fingerprint density at radius 1 is 0.944 bits per heavy atom. The molecule has 2 nitrogen and oxygen atoms in total. The van der Waals surface area contributed by atoms with Crippen molar-refractivity contribution in [1.82, 2.24) is 9.36 Å². The smallest absolute Gasteiger partial charge is 0.129 e. The van der Waals surface area contributed by atoms with Crippen LogP contribution in [0.2, 0.25) is 0 Å². The molecule has 0 amide bonds. The zero-order valence-corrected chi connectivity index (χ0v) is 12.8. The van der Waals surface area contributed by atoms with Gasteiger partial charge < -0.3 is 0 Å². The lowest BCUT2D eigenvalue weighted by Gasteiger charge is -2.13. The van der Waals surface area contributed by atoms with Gasteiger partial charge in [-0.3, -0.25) is 0 Å². The lowest BCUT2D eigenvalue weighted by Crippen LogP contribution is -1.99. The highest BCUT2D eigenvalue weighted by Gasteiger charge is 2.14. The van der Waals surface area contributed by atoms with Gasteiger partial charge in [-0.2, -0.15) is 4.37 Å². The Morgan fingerprint density at radius 2 is 1.56 bits per heavy atom. The van der Waals surface area contributed by atoms with E-state index in [2.05, 4.69) is 23.2 Å². The van der Waals surface area contributed by atoms with Crippen molar-refractivity contribution in [2.45, 2.75) is 84.0 Å². The van der Waals surface area contributed by atoms with Crippen LogP contribution in [0.4, 0.5) is 0 Å². The van der Waals surface area contributed by atoms with E-state index < -0.39 is 0 Å². The van der Waals surface area contributed by atoms with Crippen molar-refractivity contribution in [3.63, 3.8) is 0 Å². The number of hydrogen-bond donors (Lipinski definition) is 0. The number of unbranched alkanes of at least 4 members (excludes halogenated alkanes) is 6. The summed E-state index contributed by atoms with van der Waals surface area (Å²) in [6, 6.07) is 0. The quantitative estimate of drug-likeness (QED) is 0.491. The average Bonchev–Trinajstić information content (AvgIpc) is 2.91. The predicted octanol–water partition coefficient (Wildman–Crippen LogP) is 5.56. The monoisotopic (exact) mass is 268 g/mol. The molecule has 18 heavy (non-hydrogen) atoms. The SMILES string of the molecule is CCCCCCC(CCCCCC)c1ncns1. The summed E-state index contributed by atoms with van der Waals surface area (Å²) in [6.07, 6.45) is 15.2. The first-order chi connectivity index (χ1) is 8.88. The summed E-state index contributed by atoms with van der Waals surface area (Å²) in [7, 11) is 0. The summed E-state index contributed by atoms with van der Waals surface area (Å²) in [5, 5.41) is 1.27. The molecule has 1 aromatic rings. The predicted molar refractivity (Wildman–Crippen MR) is 80.2 cm³/mol. The highest BCUT2D eigenvalue weighted by molar-refractivity contribution is 7.05. The van der Waals surface area contributed by atoms with Crippen molar-refractivity contribution in [2.75, 3.05) is 0 Å². The van der Waals surface area contributed by atoms with Gasteiger partial charge in [-0.05, 0) is 24.4 Å². The van der Waals surface area contributed by atoms with Crippen LogP contribution < -0.4 is 0 Å². The van der Waals surface area contributed by atoms with Gasteiger partial charge in [-0.15, -0.1) is 0 Å². The lowest BCUT2D eigenvalue weighted by atomic mass is 9.95. The largest absolute Gasteiger partial charge is 0.228 e. The van der Waals surface area contributed by atoms with Crippen LogP contribution in [-0.2, 0) is 0 Å². The summed E-state index contributed by atoms with van der Waals surface area (Å²) >= 11 is 1.60. The minimum atomic E-state index is 0.672. The van der Waals surface area contributed by atoms with E-state index in [0.717, 1.165) is 0 Å². The number of rotatable bonds is 11. The van der Waals surface area contributed by atoms with Crippen LogP contribution in [0, 0.1) is 0 Å². The molecule has 0 aliphatic carbocycles. The molecule has 3 heteroatoms. The van der Waals surface area contributed by atoms with Gasteiger partial charge >= 0.3 is 0 Å². The molecule has 1 heterocycles. The topological polar surface area (TPSA) is 25.8 Å². The van der Waals surface area contributed by atoms with Gasteiger partial charge in [0.1, 0.15) is 11.3 Å². The van der Waals surface area contributed by atoms with E-state index in [1.54, 1.807) is 17.9 Å². The maximum Gasteiger partial charge on any atom is 0.129 e. The number of aromatic nitrogens is 2. The summed E-state index contributed by atoms with van der Waals surface area (Å²) < 4.78 is 4.16. The molecular weight excluding hydrogens is 240 g/mol. The molecule has 0 saturated carbocycles. The summed E-state index contributed by atoms with van der Waals surface area (Å²) in [6.45, 7) is 4.54. The molecule has 0 aromatic carbocycles. The lowest BCUT2D eigenvalue weighted by molar-refractivity contribution is 0.495. The Balaban J connectivity index is 2.29. The molecule has 0 saturated heterocycles. The highest BCUT2D eigenvalue weighted by Crippen LogP contribution is 2.28. The van der Waals surface area contributed by atoms with Crippen LogP contribution in [0.1, 0.15) is 89.0 Å². The van der Waals surface area contributed by atoms with Crippen LogP contribution in [-0.4, -0.2) is 9.36 Å². The highest BCUT2D eigenvalue weighted by atomic mass is 32.1. The fourth-order valence-corrected chi connectivity index (χ4v) is 3.07. The Morgan fingerprint density at radius 3 is 2.00 bits per heavy atom. The first-order valence-corrected chi connectivity index (χ1v) is 8.42. The van der Waals surface area contributed by atoms with E-state index in [-0.39, 0.29) is 0 Å². The maximum absolute atomic E-state index is 4.42. The standard InChI is InChI=1S/C15H28N2S/c1-3-5-7-9-11-14(12-10-8-6-4-2)15-16-13-17-18-15/h13-14H,3-12H2,1-2H3. The van der Waals surface area contributed by atoms with Crippen molar-refractivity contribution in [3.05, 3.63) is 11.3 Å². The second-order valence-corrected chi connectivity index (χ2v) is 5.99. The van der Waals surface area contributed by atoms with Crippen LogP contribution >= 0.6 is 11.5 Å². The molecule has 0 N–H and O–H groups in total. The third-order valence-electron chi connectivity index (χ3n) is 3.54. The molecule has 1 rings (SSSR count). The molecule has 0 bridgehead atoms. The molecule has 104 valence electrons. The molecule has 0 radical (unpaired) electrons. The van der Waals surface area contributed by atoms with Crippen LogP contribution in [0.15, 0.2) is 6.33 Å². The molecule has 1 aromatic heterocycles. The zero-order valence-electron chi connectivity index (χ0n) is 12.0. The van der Waals surface area contributed by atoms with Gasteiger partial charge in [0.15, 0.2) is 0 Å². The Kier molecular flexibility index (Phi) is 9.09. The molecule has 0 spiro atoms. The minimum Gasteiger partial charge on any atom is -0.228 e.